The third-order valence-electron chi connectivity index (χ3n) is 4.29. The Labute approximate surface area is 149 Å². The molecule has 0 aliphatic carbocycles. The summed E-state index contributed by atoms with van der Waals surface area (Å²) in [6, 6.07) is 17.3. The van der Waals surface area contributed by atoms with Gasteiger partial charge in [0, 0.05) is 26.4 Å². The first kappa shape index (κ1) is 18.7. The quantitative estimate of drug-likeness (QED) is 0.843. The second-order valence-corrected chi connectivity index (χ2v) is 6.18. The highest BCUT2D eigenvalue weighted by Gasteiger charge is 2.28. The molecule has 0 aliphatic heterocycles. The molecular weight excluding hydrogens is 312 g/mol. The van der Waals surface area contributed by atoms with Crippen LogP contribution in [0.2, 0.25) is 0 Å². The van der Waals surface area contributed by atoms with Crippen molar-refractivity contribution in [1.29, 1.82) is 0 Å². The SMILES string of the molecule is CCC(=O)N(Cc1ccc(C)cc1)C(Cc1ccccc1)C(=O)NC. The summed E-state index contributed by atoms with van der Waals surface area (Å²) in [4.78, 5) is 26.8. The molecule has 0 bridgehead atoms. The molecule has 2 aromatic carbocycles. The average molecular weight is 338 g/mol. The van der Waals surface area contributed by atoms with E-state index in [1.807, 2.05) is 68.4 Å². The Morgan fingerprint density at radius 3 is 2.20 bits per heavy atom. The summed E-state index contributed by atoms with van der Waals surface area (Å²) >= 11 is 0. The Bertz CT molecular complexity index is 696. The summed E-state index contributed by atoms with van der Waals surface area (Å²) in [5.74, 6) is -0.164. The second-order valence-electron chi connectivity index (χ2n) is 6.18. The first-order valence-electron chi connectivity index (χ1n) is 8.65. The van der Waals surface area contributed by atoms with Crippen LogP contribution >= 0.6 is 0 Å². The summed E-state index contributed by atoms with van der Waals surface area (Å²) in [5.41, 5.74) is 3.23. The van der Waals surface area contributed by atoms with Crippen molar-refractivity contribution < 1.29 is 9.59 Å². The lowest BCUT2D eigenvalue weighted by molar-refractivity contribution is -0.140. The van der Waals surface area contributed by atoms with Gasteiger partial charge in [0.1, 0.15) is 6.04 Å². The van der Waals surface area contributed by atoms with E-state index >= 15 is 0 Å². The fourth-order valence-electron chi connectivity index (χ4n) is 2.81. The lowest BCUT2D eigenvalue weighted by Crippen LogP contribution is -2.49. The molecular formula is C21H26N2O2. The molecule has 2 amide bonds. The van der Waals surface area contributed by atoms with Gasteiger partial charge in [-0.3, -0.25) is 9.59 Å². The smallest absolute Gasteiger partial charge is 0.242 e. The third-order valence-corrected chi connectivity index (χ3v) is 4.29. The van der Waals surface area contributed by atoms with Crippen LogP contribution in [-0.2, 0) is 22.6 Å². The molecule has 25 heavy (non-hydrogen) atoms. The van der Waals surface area contributed by atoms with Gasteiger partial charge in [-0.1, -0.05) is 67.1 Å². The predicted octanol–water partition coefficient (Wildman–Crippen LogP) is 3.09. The van der Waals surface area contributed by atoms with Crippen LogP contribution < -0.4 is 5.32 Å². The van der Waals surface area contributed by atoms with Crippen molar-refractivity contribution in [2.45, 2.75) is 39.3 Å². The van der Waals surface area contributed by atoms with Gasteiger partial charge >= 0.3 is 0 Å². The molecule has 2 aromatic rings. The largest absolute Gasteiger partial charge is 0.357 e. The molecule has 132 valence electrons. The molecule has 1 N–H and O–H groups in total. The molecule has 1 unspecified atom stereocenters. The standard InChI is InChI=1S/C21H26N2O2/c1-4-20(24)23(15-18-12-10-16(2)11-13-18)19(21(25)22-3)14-17-8-6-5-7-9-17/h5-13,19H,4,14-15H2,1-3H3,(H,22,25). The highest BCUT2D eigenvalue weighted by molar-refractivity contribution is 5.87. The van der Waals surface area contributed by atoms with E-state index in [9.17, 15) is 9.59 Å². The van der Waals surface area contributed by atoms with E-state index in [0.29, 0.717) is 19.4 Å². The van der Waals surface area contributed by atoms with E-state index in [2.05, 4.69) is 5.32 Å². The minimum absolute atomic E-state index is 0.0230. The van der Waals surface area contributed by atoms with E-state index in [1.54, 1.807) is 11.9 Å². The highest BCUT2D eigenvalue weighted by atomic mass is 16.2. The van der Waals surface area contributed by atoms with E-state index < -0.39 is 6.04 Å². The first-order chi connectivity index (χ1) is 12.0. The number of benzene rings is 2. The fourth-order valence-corrected chi connectivity index (χ4v) is 2.81. The summed E-state index contributed by atoms with van der Waals surface area (Å²) < 4.78 is 0. The van der Waals surface area contributed by atoms with Crippen LogP contribution in [0.1, 0.15) is 30.0 Å². The van der Waals surface area contributed by atoms with Crippen molar-refractivity contribution in [3.05, 3.63) is 71.3 Å². The van der Waals surface area contributed by atoms with Crippen molar-refractivity contribution in [3.63, 3.8) is 0 Å². The maximum atomic E-state index is 12.6. The Hall–Kier alpha value is -2.62. The summed E-state index contributed by atoms with van der Waals surface area (Å²) in [5, 5.41) is 2.71. The fraction of sp³-hybridized carbons (Fsp3) is 0.333. The van der Waals surface area contributed by atoms with Crippen molar-refractivity contribution in [1.82, 2.24) is 10.2 Å². The molecule has 4 nitrogen and oxygen atoms in total. The number of hydrogen-bond donors (Lipinski definition) is 1. The van der Waals surface area contributed by atoms with Crippen molar-refractivity contribution in [2.75, 3.05) is 7.05 Å². The normalized spacial score (nSPS) is 11.6. The first-order valence-corrected chi connectivity index (χ1v) is 8.65. The summed E-state index contributed by atoms with van der Waals surface area (Å²) in [7, 11) is 1.61. The Kier molecular flexibility index (Phi) is 6.75. The van der Waals surface area contributed by atoms with Gasteiger partial charge in [-0.15, -0.1) is 0 Å². The molecule has 1 atom stereocenters. The highest BCUT2D eigenvalue weighted by Crippen LogP contribution is 2.16. The van der Waals surface area contributed by atoms with Crippen LogP contribution in [0, 0.1) is 6.92 Å². The lowest BCUT2D eigenvalue weighted by Gasteiger charge is -2.31. The van der Waals surface area contributed by atoms with E-state index in [-0.39, 0.29) is 11.8 Å². The molecule has 0 aromatic heterocycles. The zero-order valence-corrected chi connectivity index (χ0v) is 15.2. The van der Waals surface area contributed by atoms with Gasteiger partial charge in [0.25, 0.3) is 0 Å². The van der Waals surface area contributed by atoms with E-state index in [0.717, 1.165) is 11.1 Å². The van der Waals surface area contributed by atoms with Crippen molar-refractivity contribution in [3.8, 4) is 0 Å². The van der Waals surface area contributed by atoms with Gasteiger partial charge < -0.3 is 10.2 Å². The van der Waals surface area contributed by atoms with Gasteiger partial charge in [0.2, 0.25) is 11.8 Å². The van der Waals surface area contributed by atoms with Gasteiger partial charge in [0.15, 0.2) is 0 Å². The Morgan fingerprint density at radius 1 is 1.00 bits per heavy atom. The average Bonchev–Trinajstić information content (AvgIpc) is 2.65. The molecule has 2 rings (SSSR count). The number of hydrogen-bond acceptors (Lipinski definition) is 2. The number of rotatable bonds is 7. The summed E-state index contributed by atoms with van der Waals surface area (Å²) in [6.45, 7) is 4.28. The van der Waals surface area contributed by atoms with Crippen molar-refractivity contribution in [2.24, 2.45) is 0 Å². The number of carbonyl (C=O) groups excluding carboxylic acids is 2. The van der Waals surface area contributed by atoms with Gasteiger partial charge in [0.05, 0.1) is 0 Å². The second kappa shape index (κ2) is 9.02. The molecule has 0 radical (unpaired) electrons. The number of nitrogens with zero attached hydrogens (tertiary/aromatic N) is 1. The predicted molar refractivity (Wildman–Crippen MR) is 100 cm³/mol. The lowest BCUT2D eigenvalue weighted by atomic mass is 10.0. The Balaban J connectivity index is 2.30. The third kappa shape index (κ3) is 5.18. The van der Waals surface area contributed by atoms with Crippen LogP contribution in [0.25, 0.3) is 0 Å². The Morgan fingerprint density at radius 2 is 1.64 bits per heavy atom. The zero-order chi connectivity index (χ0) is 18.2. The molecule has 4 heteroatoms. The molecule has 0 fully saturated rings. The number of amides is 2. The molecule has 0 aliphatic rings. The van der Waals surface area contributed by atoms with Crippen LogP contribution in [0.15, 0.2) is 54.6 Å². The van der Waals surface area contributed by atoms with Crippen LogP contribution in [0.3, 0.4) is 0 Å². The van der Waals surface area contributed by atoms with Crippen LogP contribution in [-0.4, -0.2) is 29.8 Å². The molecule has 0 spiro atoms. The molecule has 0 saturated carbocycles. The van der Waals surface area contributed by atoms with E-state index in [4.69, 9.17) is 0 Å². The number of carbonyl (C=O) groups is 2. The zero-order valence-electron chi connectivity index (χ0n) is 15.2. The van der Waals surface area contributed by atoms with Gasteiger partial charge in [-0.2, -0.15) is 0 Å². The topological polar surface area (TPSA) is 49.4 Å². The van der Waals surface area contributed by atoms with Crippen LogP contribution in [0.4, 0.5) is 0 Å². The van der Waals surface area contributed by atoms with Crippen molar-refractivity contribution >= 4 is 11.8 Å². The number of likely N-dealkylation sites (N-methyl/N-ethyl adjacent to an activating group) is 1. The number of aryl methyl sites for hydroxylation is 1. The minimum atomic E-state index is -0.527. The molecule has 0 saturated heterocycles. The summed E-state index contributed by atoms with van der Waals surface area (Å²) in [6.07, 6.45) is 0.867. The van der Waals surface area contributed by atoms with E-state index in [1.165, 1.54) is 5.56 Å². The maximum absolute atomic E-state index is 12.6. The molecule has 0 heterocycles. The van der Waals surface area contributed by atoms with Gasteiger partial charge in [-0.25, -0.2) is 0 Å². The number of nitrogens with one attached hydrogen (secondary N) is 1. The monoisotopic (exact) mass is 338 g/mol. The minimum Gasteiger partial charge on any atom is -0.357 e. The van der Waals surface area contributed by atoms with Gasteiger partial charge in [-0.05, 0) is 18.1 Å². The maximum Gasteiger partial charge on any atom is 0.242 e. The van der Waals surface area contributed by atoms with Crippen LogP contribution in [0.5, 0.6) is 0 Å².